The number of carbonyl (C=O) groups is 1. The summed E-state index contributed by atoms with van der Waals surface area (Å²) in [5, 5.41) is 11.9. The number of nitrogens with zero attached hydrogens (tertiary/aromatic N) is 2. The zero-order valence-corrected chi connectivity index (χ0v) is 35.0. The fourth-order valence-electron chi connectivity index (χ4n) is 8.87. The Hall–Kier alpha value is -3.15. The van der Waals surface area contributed by atoms with Crippen molar-refractivity contribution in [2.75, 3.05) is 11.9 Å². The van der Waals surface area contributed by atoms with Crippen LogP contribution in [0.25, 0.3) is 6.08 Å². The van der Waals surface area contributed by atoms with E-state index in [9.17, 15) is 14.9 Å². The average Bonchev–Trinajstić information content (AvgIpc) is 3.31. The quantitative estimate of drug-likeness (QED) is 0.0493. The normalized spacial score (nSPS) is 16.8. The Morgan fingerprint density at radius 2 is 1.24 bits per heavy atom. The van der Waals surface area contributed by atoms with E-state index < -0.39 is 11.1 Å². The Kier molecular flexibility index (Phi) is 18.1. The molecule has 0 fully saturated rings. The molecule has 54 heavy (non-hydrogen) atoms. The molecule has 2 aliphatic heterocycles. The molecule has 1 atom stereocenters. The third kappa shape index (κ3) is 11.9. The summed E-state index contributed by atoms with van der Waals surface area (Å²) >= 11 is 0. The molecule has 0 bridgehead atoms. The number of likely N-dealkylation sites (N-methyl/N-ethyl adjacent to an activating group) is 1. The number of unbranched alkanes of at least 4 members (excludes halogenated alkanes) is 21. The van der Waals surface area contributed by atoms with Gasteiger partial charge in [0.1, 0.15) is 11.5 Å². The van der Waals surface area contributed by atoms with Crippen LogP contribution in [0.5, 0.6) is 5.75 Å². The van der Waals surface area contributed by atoms with Gasteiger partial charge in [-0.2, -0.15) is 0 Å². The van der Waals surface area contributed by atoms with Gasteiger partial charge in [-0.1, -0.05) is 161 Å². The van der Waals surface area contributed by atoms with E-state index in [1.807, 2.05) is 6.08 Å². The SMILES string of the molecule is CCCCCCCCCCCCCCCCCCCCCC(=O)Cc1cc([N+](=O)[O-])cc2c1OC1(C=C2)N(C)c2ccc(CCCCCC)cc2C1(C)C. The largest absolute Gasteiger partial charge is 0.462 e. The predicted octanol–water partition coefficient (Wildman–Crippen LogP) is 14.2. The minimum Gasteiger partial charge on any atom is -0.462 e. The molecular formula is C48H74N2O4. The van der Waals surface area contributed by atoms with Crippen molar-refractivity contribution in [3.63, 3.8) is 0 Å². The zero-order chi connectivity index (χ0) is 38.8. The molecule has 2 aliphatic rings. The Morgan fingerprint density at radius 3 is 1.78 bits per heavy atom. The Balaban J connectivity index is 1.20. The number of carbonyl (C=O) groups excluding carboxylic acids is 1. The highest BCUT2D eigenvalue weighted by atomic mass is 16.6. The number of nitro benzene ring substituents is 1. The van der Waals surface area contributed by atoms with Crippen LogP contribution >= 0.6 is 0 Å². The van der Waals surface area contributed by atoms with Gasteiger partial charge in [-0.05, 0) is 62.5 Å². The Morgan fingerprint density at radius 1 is 0.722 bits per heavy atom. The van der Waals surface area contributed by atoms with Crippen LogP contribution in [0.2, 0.25) is 0 Å². The standard InChI is InChI=1S/C48H74N2O4/c1-6-8-10-12-13-14-15-16-17-18-19-20-21-22-23-24-25-26-28-30-43(51)38-41-37-42(50(52)53)36-40-33-34-48(54-46(40)41)47(3,4)44-35-39(29-27-11-9-7-2)31-32-45(44)49(48)5/h31-37H,6-30,38H2,1-5H3. The van der Waals surface area contributed by atoms with Crippen LogP contribution in [0.3, 0.4) is 0 Å². The number of non-ortho nitro benzene ring substituents is 1. The number of ketones is 1. The zero-order valence-electron chi connectivity index (χ0n) is 35.0. The number of benzene rings is 2. The molecule has 0 saturated heterocycles. The van der Waals surface area contributed by atoms with Crippen molar-refractivity contribution in [1.29, 1.82) is 0 Å². The summed E-state index contributed by atoms with van der Waals surface area (Å²) in [5.74, 6) is 0.712. The topological polar surface area (TPSA) is 72.7 Å². The number of ether oxygens (including phenoxy) is 1. The van der Waals surface area contributed by atoms with E-state index in [2.05, 4.69) is 63.9 Å². The molecule has 2 aromatic carbocycles. The van der Waals surface area contributed by atoms with Gasteiger partial charge in [0.15, 0.2) is 0 Å². The van der Waals surface area contributed by atoms with Crippen molar-refractivity contribution in [2.45, 2.75) is 206 Å². The van der Waals surface area contributed by atoms with Gasteiger partial charge < -0.3 is 9.64 Å². The van der Waals surface area contributed by atoms with Crippen molar-refractivity contribution in [2.24, 2.45) is 0 Å². The van der Waals surface area contributed by atoms with Crippen molar-refractivity contribution >= 4 is 23.2 Å². The molecule has 300 valence electrons. The molecular weight excluding hydrogens is 669 g/mol. The molecule has 0 radical (unpaired) electrons. The van der Waals surface area contributed by atoms with Crippen LogP contribution in [0.4, 0.5) is 11.4 Å². The number of Topliss-reactive ketones (excluding diaryl/α,β-unsaturated/α-hetero) is 1. The molecule has 0 amide bonds. The Labute approximate surface area is 329 Å². The van der Waals surface area contributed by atoms with E-state index in [1.54, 1.807) is 12.1 Å². The van der Waals surface area contributed by atoms with Crippen molar-refractivity contribution in [1.82, 2.24) is 0 Å². The first-order chi connectivity index (χ1) is 26.1. The molecule has 2 heterocycles. The van der Waals surface area contributed by atoms with E-state index in [-0.39, 0.29) is 22.8 Å². The van der Waals surface area contributed by atoms with E-state index in [0.29, 0.717) is 23.3 Å². The number of aryl methyl sites for hydroxylation is 1. The molecule has 4 rings (SSSR count). The Bertz CT molecular complexity index is 1500. The summed E-state index contributed by atoms with van der Waals surface area (Å²) in [4.78, 5) is 27.1. The minimum absolute atomic E-state index is 0.000662. The van der Waals surface area contributed by atoms with Crippen molar-refractivity contribution in [3.05, 3.63) is 68.8 Å². The molecule has 0 saturated carbocycles. The van der Waals surface area contributed by atoms with E-state index in [0.717, 1.165) is 31.4 Å². The highest BCUT2D eigenvalue weighted by Gasteiger charge is 2.58. The second-order valence-corrected chi connectivity index (χ2v) is 17.1. The summed E-state index contributed by atoms with van der Waals surface area (Å²) < 4.78 is 7.02. The first kappa shape index (κ1) is 43.6. The van der Waals surface area contributed by atoms with E-state index in [4.69, 9.17) is 4.74 Å². The maximum absolute atomic E-state index is 13.4. The number of hydrogen-bond donors (Lipinski definition) is 0. The molecule has 2 aromatic rings. The summed E-state index contributed by atoms with van der Waals surface area (Å²) in [7, 11) is 2.07. The first-order valence-electron chi connectivity index (χ1n) is 22.2. The number of fused-ring (bicyclic) bond motifs is 2. The molecule has 0 aromatic heterocycles. The molecule has 6 nitrogen and oxygen atoms in total. The monoisotopic (exact) mass is 743 g/mol. The number of anilines is 1. The van der Waals surface area contributed by atoms with Crippen LogP contribution in [0, 0.1) is 10.1 Å². The number of nitro groups is 1. The number of rotatable bonds is 28. The fourth-order valence-corrected chi connectivity index (χ4v) is 8.87. The average molecular weight is 743 g/mol. The lowest BCUT2D eigenvalue weighted by Gasteiger charge is -2.46. The highest BCUT2D eigenvalue weighted by Crippen LogP contribution is 2.55. The second kappa shape index (κ2) is 22.4. The van der Waals surface area contributed by atoms with Crippen LogP contribution in [0.1, 0.15) is 204 Å². The summed E-state index contributed by atoms with van der Waals surface area (Å²) in [5.41, 5.74) is 3.79. The molecule has 0 N–H and O–H groups in total. The van der Waals surface area contributed by atoms with Gasteiger partial charge in [0.25, 0.3) is 5.69 Å². The van der Waals surface area contributed by atoms with Crippen LogP contribution in [-0.2, 0) is 23.1 Å². The third-order valence-corrected chi connectivity index (χ3v) is 12.4. The van der Waals surface area contributed by atoms with Crippen LogP contribution in [-0.4, -0.2) is 23.5 Å². The maximum Gasteiger partial charge on any atom is 0.270 e. The first-order valence-corrected chi connectivity index (χ1v) is 22.2. The van der Waals surface area contributed by atoms with Gasteiger partial charge in [-0.15, -0.1) is 0 Å². The van der Waals surface area contributed by atoms with Gasteiger partial charge in [-0.3, -0.25) is 14.9 Å². The van der Waals surface area contributed by atoms with Crippen molar-refractivity contribution in [3.8, 4) is 5.75 Å². The summed E-state index contributed by atoms with van der Waals surface area (Å²) in [6.07, 6.45) is 35.8. The van der Waals surface area contributed by atoms with Gasteiger partial charge in [0, 0.05) is 48.8 Å². The van der Waals surface area contributed by atoms with Crippen LogP contribution < -0.4 is 9.64 Å². The fraction of sp³-hybridized carbons (Fsp3) is 0.688. The second-order valence-electron chi connectivity index (χ2n) is 17.1. The maximum atomic E-state index is 13.4. The lowest BCUT2D eigenvalue weighted by atomic mass is 9.75. The van der Waals surface area contributed by atoms with Gasteiger partial charge in [0.2, 0.25) is 5.72 Å². The highest BCUT2D eigenvalue weighted by molar-refractivity contribution is 5.83. The smallest absolute Gasteiger partial charge is 0.270 e. The lowest BCUT2D eigenvalue weighted by Crippen LogP contribution is -2.58. The predicted molar refractivity (Wildman–Crippen MR) is 228 cm³/mol. The van der Waals surface area contributed by atoms with E-state index in [1.165, 1.54) is 140 Å². The molecule has 1 spiro atoms. The summed E-state index contributed by atoms with van der Waals surface area (Å²) in [6, 6.07) is 9.94. The minimum atomic E-state index is -0.815. The van der Waals surface area contributed by atoms with Gasteiger partial charge in [-0.25, -0.2) is 0 Å². The number of hydrogen-bond acceptors (Lipinski definition) is 5. The molecule has 0 aliphatic carbocycles. The van der Waals surface area contributed by atoms with Crippen molar-refractivity contribution < 1.29 is 14.5 Å². The van der Waals surface area contributed by atoms with Gasteiger partial charge >= 0.3 is 0 Å². The molecule has 1 unspecified atom stereocenters. The molecule has 6 heteroatoms. The van der Waals surface area contributed by atoms with Crippen LogP contribution in [0.15, 0.2) is 36.4 Å². The lowest BCUT2D eigenvalue weighted by molar-refractivity contribution is -0.385. The third-order valence-electron chi connectivity index (χ3n) is 12.4. The van der Waals surface area contributed by atoms with E-state index >= 15 is 0 Å². The summed E-state index contributed by atoms with van der Waals surface area (Å²) in [6.45, 7) is 8.97. The van der Waals surface area contributed by atoms with Gasteiger partial charge in [0.05, 0.1) is 10.3 Å².